The second-order valence-electron chi connectivity index (χ2n) is 5.84. The van der Waals surface area contributed by atoms with E-state index in [-0.39, 0.29) is 6.61 Å². The first-order valence-electron chi connectivity index (χ1n) is 7.63. The number of anilines is 1. The van der Waals surface area contributed by atoms with Gasteiger partial charge in [0.1, 0.15) is 5.82 Å². The first-order chi connectivity index (χ1) is 10.2. The molecule has 0 spiro atoms. The van der Waals surface area contributed by atoms with Crippen LogP contribution in [-0.4, -0.2) is 54.3 Å². The normalized spacial score (nSPS) is 16.6. The maximum absolute atomic E-state index is 9.01. The summed E-state index contributed by atoms with van der Waals surface area (Å²) >= 11 is 0. The molecule has 0 bridgehead atoms. The number of piperazine rings is 1. The number of hydrogen-bond donors (Lipinski definition) is 1. The summed E-state index contributed by atoms with van der Waals surface area (Å²) in [6.07, 6.45) is 2.01. The van der Waals surface area contributed by atoms with Crippen LogP contribution in [0.25, 0.3) is 10.8 Å². The van der Waals surface area contributed by atoms with Crippen molar-refractivity contribution in [1.82, 2.24) is 9.88 Å². The Bertz CT molecular complexity index is 633. The summed E-state index contributed by atoms with van der Waals surface area (Å²) in [7, 11) is 0. The lowest BCUT2D eigenvalue weighted by molar-refractivity contribution is 0.188. The van der Waals surface area contributed by atoms with Gasteiger partial charge in [0.05, 0.1) is 6.61 Å². The molecule has 1 aromatic heterocycles. The van der Waals surface area contributed by atoms with E-state index in [4.69, 9.17) is 5.11 Å². The minimum atomic E-state index is 0.243. The predicted octanol–water partition coefficient (Wildman–Crippen LogP) is 1.97. The van der Waals surface area contributed by atoms with Crippen LogP contribution in [-0.2, 0) is 0 Å². The lowest BCUT2D eigenvalue weighted by Gasteiger charge is -2.35. The number of aliphatic hydroxyl groups is 1. The first-order valence-corrected chi connectivity index (χ1v) is 7.63. The van der Waals surface area contributed by atoms with Gasteiger partial charge in [-0.2, -0.15) is 0 Å². The summed E-state index contributed by atoms with van der Waals surface area (Å²) in [4.78, 5) is 9.30. The van der Waals surface area contributed by atoms with Crippen molar-refractivity contribution in [2.45, 2.75) is 13.8 Å². The minimum Gasteiger partial charge on any atom is -0.395 e. The number of aromatic nitrogens is 1. The van der Waals surface area contributed by atoms with Crippen molar-refractivity contribution in [1.29, 1.82) is 0 Å². The summed E-state index contributed by atoms with van der Waals surface area (Å²) in [6, 6.07) is 6.56. The highest BCUT2D eigenvalue weighted by atomic mass is 16.3. The smallest absolute Gasteiger partial charge is 0.129 e. The van der Waals surface area contributed by atoms with Crippen LogP contribution < -0.4 is 4.90 Å². The molecule has 4 nitrogen and oxygen atoms in total. The number of nitrogens with zero attached hydrogens (tertiary/aromatic N) is 3. The van der Waals surface area contributed by atoms with Gasteiger partial charge in [-0.1, -0.05) is 12.1 Å². The molecule has 0 saturated carbocycles. The van der Waals surface area contributed by atoms with E-state index in [1.165, 1.54) is 21.9 Å². The zero-order valence-corrected chi connectivity index (χ0v) is 12.8. The van der Waals surface area contributed by atoms with E-state index in [2.05, 4.69) is 46.8 Å². The number of aryl methyl sites for hydroxylation is 2. The van der Waals surface area contributed by atoms with Crippen LogP contribution in [0.15, 0.2) is 24.4 Å². The Kier molecular flexibility index (Phi) is 4.08. The minimum absolute atomic E-state index is 0.243. The first kappa shape index (κ1) is 14.3. The monoisotopic (exact) mass is 285 g/mol. The Labute approximate surface area is 126 Å². The number of fused-ring (bicyclic) bond motifs is 1. The van der Waals surface area contributed by atoms with Crippen molar-refractivity contribution in [3.8, 4) is 0 Å². The van der Waals surface area contributed by atoms with Gasteiger partial charge in [0.2, 0.25) is 0 Å². The lowest BCUT2D eigenvalue weighted by atomic mass is 10.0. The zero-order valence-electron chi connectivity index (χ0n) is 12.8. The number of benzene rings is 1. The molecule has 0 unspecified atom stereocenters. The van der Waals surface area contributed by atoms with Gasteiger partial charge in [0.15, 0.2) is 0 Å². The standard InChI is InChI=1S/C17H23N3O/c1-13-3-4-14(2)16-12-18-17(11-15(13)16)20-7-5-19(6-8-20)9-10-21/h3-4,11-12,21H,5-10H2,1-2H3. The molecular weight excluding hydrogens is 262 g/mol. The average Bonchev–Trinajstić information content (AvgIpc) is 2.52. The largest absolute Gasteiger partial charge is 0.395 e. The van der Waals surface area contributed by atoms with Crippen molar-refractivity contribution in [3.63, 3.8) is 0 Å². The molecule has 1 aliphatic heterocycles. The molecule has 1 N–H and O–H groups in total. The molecular formula is C17H23N3O. The van der Waals surface area contributed by atoms with Gasteiger partial charge < -0.3 is 10.0 Å². The molecule has 1 saturated heterocycles. The molecule has 0 aliphatic carbocycles. The molecule has 112 valence electrons. The fraction of sp³-hybridized carbons (Fsp3) is 0.471. The Balaban J connectivity index is 1.84. The lowest BCUT2D eigenvalue weighted by Crippen LogP contribution is -2.47. The van der Waals surface area contributed by atoms with Crippen molar-refractivity contribution in [2.75, 3.05) is 44.2 Å². The molecule has 21 heavy (non-hydrogen) atoms. The summed E-state index contributed by atoms with van der Waals surface area (Å²) in [5.41, 5.74) is 2.58. The van der Waals surface area contributed by atoms with Crippen LogP contribution in [0.2, 0.25) is 0 Å². The van der Waals surface area contributed by atoms with Gasteiger partial charge >= 0.3 is 0 Å². The van der Waals surface area contributed by atoms with E-state index >= 15 is 0 Å². The summed E-state index contributed by atoms with van der Waals surface area (Å²) < 4.78 is 0. The highest BCUT2D eigenvalue weighted by Crippen LogP contribution is 2.25. The molecule has 1 aromatic carbocycles. The van der Waals surface area contributed by atoms with Gasteiger partial charge in [-0.3, -0.25) is 4.90 Å². The van der Waals surface area contributed by atoms with Gasteiger partial charge in [0, 0.05) is 44.3 Å². The predicted molar refractivity (Wildman–Crippen MR) is 87.0 cm³/mol. The number of pyridine rings is 1. The molecule has 0 radical (unpaired) electrons. The average molecular weight is 285 g/mol. The van der Waals surface area contributed by atoms with E-state index < -0.39 is 0 Å². The van der Waals surface area contributed by atoms with Crippen LogP contribution in [0.1, 0.15) is 11.1 Å². The van der Waals surface area contributed by atoms with E-state index in [1.807, 2.05) is 6.20 Å². The SMILES string of the molecule is Cc1ccc(C)c2cc(N3CCN(CCO)CC3)ncc12. The van der Waals surface area contributed by atoms with Gasteiger partial charge in [-0.25, -0.2) is 4.98 Å². The summed E-state index contributed by atoms with van der Waals surface area (Å²) in [5, 5.41) is 11.6. The second-order valence-corrected chi connectivity index (χ2v) is 5.84. The fourth-order valence-corrected chi connectivity index (χ4v) is 3.03. The third kappa shape index (κ3) is 2.87. The number of β-amino-alcohol motifs (C(OH)–C–C–N with tert-alkyl or cyclic N) is 1. The Morgan fingerprint density at radius 2 is 1.71 bits per heavy atom. The van der Waals surface area contributed by atoms with Crippen molar-refractivity contribution in [2.24, 2.45) is 0 Å². The number of aliphatic hydroxyl groups excluding tert-OH is 1. The highest BCUT2D eigenvalue weighted by Gasteiger charge is 2.18. The third-order valence-electron chi connectivity index (χ3n) is 4.44. The van der Waals surface area contributed by atoms with Crippen LogP contribution >= 0.6 is 0 Å². The molecule has 1 fully saturated rings. The van der Waals surface area contributed by atoms with E-state index in [0.717, 1.165) is 38.5 Å². The fourth-order valence-electron chi connectivity index (χ4n) is 3.03. The van der Waals surface area contributed by atoms with Crippen molar-refractivity contribution < 1.29 is 5.11 Å². The van der Waals surface area contributed by atoms with Crippen LogP contribution in [0.5, 0.6) is 0 Å². The van der Waals surface area contributed by atoms with Crippen LogP contribution in [0.4, 0.5) is 5.82 Å². The van der Waals surface area contributed by atoms with Crippen molar-refractivity contribution >= 4 is 16.6 Å². The molecule has 0 amide bonds. The molecule has 0 atom stereocenters. The maximum Gasteiger partial charge on any atom is 0.129 e. The van der Waals surface area contributed by atoms with Gasteiger partial charge in [0.25, 0.3) is 0 Å². The number of rotatable bonds is 3. The summed E-state index contributed by atoms with van der Waals surface area (Å²) in [5.74, 6) is 1.07. The van der Waals surface area contributed by atoms with Gasteiger partial charge in [-0.05, 0) is 36.4 Å². The Morgan fingerprint density at radius 3 is 2.38 bits per heavy atom. The van der Waals surface area contributed by atoms with E-state index in [1.54, 1.807) is 0 Å². The van der Waals surface area contributed by atoms with Crippen LogP contribution in [0.3, 0.4) is 0 Å². The molecule has 1 aliphatic rings. The second kappa shape index (κ2) is 6.00. The number of hydrogen-bond acceptors (Lipinski definition) is 4. The van der Waals surface area contributed by atoms with E-state index in [9.17, 15) is 0 Å². The van der Waals surface area contributed by atoms with Gasteiger partial charge in [-0.15, -0.1) is 0 Å². The highest BCUT2D eigenvalue weighted by molar-refractivity contribution is 5.89. The molecule has 4 heteroatoms. The Hall–Kier alpha value is -1.65. The molecule has 2 heterocycles. The maximum atomic E-state index is 9.01. The summed E-state index contributed by atoms with van der Waals surface area (Å²) in [6.45, 7) is 9.25. The topological polar surface area (TPSA) is 39.6 Å². The van der Waals surface area contributed by atoms with E-state index in [0.29, 0.717) is 0 Å². The third-order valence-corrected chi connectivity index (χ3v) is 4.44. The molecule has 2 aromatic rings. The van der Waals surface area contributed by atoms with Crippen molar-refractivity contribution in [3.05, 3.63) is 35.5 Å². The molecule has 3 rings (SSSR count). The van der Waals surface area contributed by atoms with Crippen LogP contribution in [0, 0.1) is 13.8 Å². The quantitative estimate of drug-likeness (QED) is 0.936. The Morgan fingerprint density at radius 1 is 1.05 bits per heavy atom. The zero-order chi connectivity index (χ0) is 14.8.